The van der Waals surface area contributed by atoms with Crippen molar-refractivity contribution < 1.29 is 4.79 Å². The van der Waals surface area contributed by atoms with Gasteiger partial charge >= 0.3 is 0 Å². The van der Waals surface area contributed by atoms with Crippen LogP contribution in [0.4, 0.5) is 0 Å². The van der Waals surface area contributed by atoms with Gasteiger partial charge in [0, 0.05) is 18.5 Å². The van der Waals surface area contributed by atoms with Crippen LogP contribution in [0.3, 0.4) is 0 Å². The van der Waals surface area contributed by atoms with Gasteiger partial charge in [-0.25, -0.2) is 0 Å². The number of carbonyl (C=O) groups excluding carboxylic acids is 1. The van der Waals surface area contributed by atoms with Crippen LogP contribution in [0.15, 0.2) is 5.16 Å². The molecule has 5 nitrogen and oxygen atoms in total. The lowest BCUT2D eigenvalue weighted by molar-refractivity contribution is -0.120. The summed E-state index contributed by atoms with van der Waals surface area (Å²) in [6, 6.07) is 0.554. The summed E-state index contributed by atoms with van der Waals surface area (Å²) in [5.41, 5.74) is 0. The van der Waals surface area contributed by atoms with Crippen molar-refractivity contribution in [3.8, 4) is 0 Å². The summed E-state index contributed by atoms with van der Waals surface area (Å²) < 4.78 is 2.27. The van der Waals surface area contributed by atoms with E-state index in [-0.39, 0.29) is 11.2 Å². The van der Waals surface area contributed by atoms with Crippen LogP contribution < -0.4 is 5.32 Å². The Kier molecular flexibility index (Phi) is 4.01. The van der Waals surface area contributed by atoms with Gasteiger partial charge < -0.3 is 9.88 Å². The summed E-state index contributed by atoms with van der Waals surface area (Å²) in [7, 11) is 0. The van der Waals surface area contributed by atoms with Gasteiger partial charge in [-0.05, 0) is 25.7 Å². The molecule has 1 aromatic heterocycles. The Morgan fingerprint density at radius 3 is 2.75 bits per heavy atom. The Balaban J connectivity index is 1.81. The van der Waals surface area contributed by atoms with E-state index in [1.165, 1.54) is 12.8 Å². The molecule has 2 heterocycles. The molecule has 1 aliphatic heterocycles. The molecule has 1 aliphatic carbocycles. The number of rotatable bonds is 4. The molecule has 1 atom stereocenters. The van der Waals surface area contributed by atoms with Gasteiger partial charge in [-0.1, -0.05) is 32.0 Å². The number of nitrogens with one attached hydrogen (secondary N) is 1. The maximum Gasteiger partial charge on any atom is 0.233 e. The molecule has 20 heavy (non-hydrogen) atoms. The highest BCUT2D eigenvalue weighted by atomic mass is 32.2. The average molecular weight is 294 g/mol. The van der Waals surface area contributed by atoms with Crippen LogP contribution in [-0.2, 0) is 4.79 Å². The van der Waals surface area contributed by atoms with E-state index < -0.39 is 0 Å². The molecule has 2 fully saturated rings. The lowest BCUT2D eigenvalue weighted by atomic mass is 10.2. The third-order valence-corrected chi connectivity index (χ3v) is 5.08. The summed E-state index contributed by atoms with van der Waals surface area (Å²) in [5.74, 6) is 1.59. The molecular weight excluding hydrogens is 272 g/mol. The highest BCUT2D eigenvalue weighted by molar-refractivity contribution is 8.00. The number of hydrogen-bond acceptors (Lipinski definition) is 4. The minimum Gasteiger partial charge on any atom is -0.355 e. The van der Waals surface area contributed by atoms with Crippen molar-refractivity contribution in [1.29, 1.82) is 0 Å². The largest absolute Gasteiger partial charge is 0.355 e. The van der Waals surface area contributed by atoms with Crippen LogP contribution >= 0.6 is 11.8 Å². The Bertz CT molecular complexity index is 495. The summed E-state index contributed by atoms with van der Waals surface area (Å²) >= 11 is 1.60. The predicted molar refractivity (Wildman–Crippen MR) is 78.9 cm³/mol. The molecule has 1 amide bonds. The number of aromatic nitrogens is 3. The van der Waals surface area contributed by atoms with Crippen LogP contribution in [-0.4, -0.2) is 32.5 Å². The smallest absolute Gasteiger partial charge is 0.233 e. The zero-order valence-electron chi connectivity index (χ0n) is 12.1. The summed E-state index contributed by atoms with van der Waals surface area (Å²) in [6.07, 6.45) is 5.54. The molecule has 110 valence electrons. The lowest BCUT2D eigenvalue weighted by Crippen LogP contribution is -2.30. The first-order chi connectivity index (χ1) is 9.66. The third kappa shape index (κ3) is 2.85. The normalized spacial score (nSPS) is 23.8. The maximum atomic E-state index is 12.1. The second kappa shape index (κ2) is 5.76. The van der Waals surface area contributed by atoms with E-state index in [0.29, 0.717) is 12.0 Å². The van der Waals surface area contributed by atoms with Gasteiger partial charge in [0.1, 0.15) is 5.82 Å². The van der Waals surface area contributed by atoms with Gasteiger partial charge in [-0.3, -0.25) is 4.79 Å². The highest BCUT2D eigenvalue weighted by Crippen LogP contribution is 2.41. The van der Waals surface area contributed by atoms with E-state index in [1.807, 2.05) is 0 Å². The summed E-state index contributed by atoms with van der Waals surface area (Å²) in [5, 5.41) is 12.6. The van der Waals surface area contributed by atoms with E-state index >= 15 is 0 Å². The van der Waals surface area contributed by atoms with Crippen molar-refractivity contribution in [2.24, 2.45) is 0 Å². The van der Waals surface area contributed by atoms with Crippen LogP contribution in [0.25, 0.3) is 0 Å². The molecule has 2 aliphatic rings. The van der Waals surface area contributed by atoms with Gasteiger partial charge in [-0.2, -0.15) is 0 Å². The molecule has 1 saturated carbocycles. The second-order valence-electron chi connectivity index (χ2n) is 5.99. The highest BCUT2D eigenvalue weighted by Gasteiger charge is 2.32. The van der Waals surface area contributed by atoms with Crippen molar-refractivity contribution in [2.75, 3.05) is 6.54 Å². The molecular formula is C14H22N4OS. The summed E-state index contributed by atoms with van der Waals surface area (Å²) in [6.45, 7) is 5.11. The first-order valence-corrected chi connectivity index (χ1v) is 8.44. The lowest BCUT2D eigenvalue weighted by Gasteiger charge is -2.14. The average Bonchev–Trinajstić information content (AvgIpc) is 3.19. The van der Waals surface area contributed by atoms with Crippen molar-refractivity contribution in [2.45, 2.75) is 68.3 Å². The van der Waals surface area contributed by atoms with E-state index in [1.54, 1.807) is 11.8 Å². The van der Waals surface area contributed by atoms with Crippen LogP contribution in [0.1, 0.15) is 63.7 Å². The van der Waals surface area contributed by atoms with Crippen LogP contribution in [0.2, 0.25) is 0 Å². The Morgan fingerprint density at radius 1 is 1.25 bits per heavy atom. The topological polar surface area (TPSA) is 59.8 Å². The Hall–Kier alpha value is -1.04. The number of nitrogens with zero attached hydrogens (tertiary/aromatic N) is 3. The number of carbonyl (C=O) groups is 1. The van der Waals surface area contributed by atoms with Crippen LogP contribution in [0.5, 0.6) is 0 Å². The Labute approximate surface area is 123 Å². The second-order valence-corrected chi connectivity index (χ2v) is 7.16. The van der Waals surface area contributed by atoms with Crippen LogP contribution in [0, 0.1) is 0 Å². The quantitative estimate of drug-likeness (QED) is 0.927. The minimum atomic E-state index is -0.0146. The fourth-order valence-corrected chi connectivity index (χ4v) is 3.76. The molecule has 6 heteroatoms. The van der Waals surface area contributed by atoms with E-state index in [2.05, 4.69) is 33.9 Å². The monoisotopic (exact) mass is 294 g/mol. The van der Waals surface area contributed by atoms with Gasteiger partial charge in [0.15, 0.2) is 5.16 Å². The molecule has 3 rings (SSSR count). The minimum absolute atomic E-state index is 0.0146. The zero-order valence-corrected chi connectivity index (χ0v) is 12.9. The summed E-state index contributed by atoms with van der Waals surface area (Å²) in [4.78, 5) is 12.1. The fourth-order valence-electron chi connectivity index (χ4n) is 2.59. The number of hydrogen-bond donors (Lipinski definition) is 1. The standard InChI is InChI=1S/C14H22N4OS/c1-9(2)12-16-17-14(18(12)10-6-7-10)20-11-5-3-4-8-15-13(11)19/h9-11H,3-8H2,1-2H3,(H,15,19). The number of thioether (sulfide) groups is 1. The first kappa shape index (κ1) is 13.9. The Morgan fingerprint density at radius 2 is 2.05 bits per heavy atom. The zero-order chi connectivity index (χ0) is 14.1. The molecule has 0 bridgehead atoms. The van der Waals surface area contributed by atoms with Crippen molar-refractivity contribution in [1.82, 2.24) is 20.1 Å². The van der Waals surface area contributed by atoms with E-state index in [4.69, 9.17) is 0 Å². The van der Waals surface area contributed by atoms with Crippen molar-refractivity contribution in [3.63, 3.8) is 0 Å². The molecule has 0 aromatic carbocycles. The van der Waals surface area contributed by atoms with Crippen molar-refractivity contribution >= 4 is 17.7 Å². The molecule has 1 N–H and O–H groups in total. The van der Waals surface area contributed by atoms with E-state index in [0.717, 1.165) is 36.8 Å². The molecule has 1 saturated heterocycles. The van der Waals surface area contributed by atoms with Gasteiger partial charge in [0.05, 0.1) is 5.25 Å². The third-order valence-electron chi connectivity index (χ3n) is 3.85. The first-order valence-electron chi connectivity index (χ1n) is 7.56. The fraction of sp³-hybridized carbons (Fsp3) is 0.786. The predicted octanol–water partition coefficient (Wildman–Crippen LogP) is 2.50. The number of amides is 1. The van der Waals surface area contributed by atoms with Crippen molar-refractivity contribution in [3.05, 3.63) is 5.82 Å². The van der Waals surface area contributed by atoms with Gasteiger partial charge in [0.25, 0.3) is 0 Å². The molecule has 1 unspecified atom stereocenters. The van der Waals surface area contributed by atoms with E-state index in [9.17, 15) is 4.79 Å². The van der Waals surface area contributed by atoms with Gasteiger partial charge in [0.2, 0.25) is 5.91 Å². The molecule has 0 radical (unpaired) electrons. The molecule has 0 spiro atoms. The molecule has 1 aromatic rings. The maximum absolute atomic E-state index is 12.1. The van der Waals surface area contributed by atoms with Gasteiger partial charge in [-0.15, -0.1) is 10.2 Å². The SMILES string of the molecule is CC(C)c1nnc(SC2CCCCNC2=O)n1C1CC1.